The molecule has 0 unspecified atom stereocenters. The number of aliphatic hydroxyl groups is 2. The summed E-state index contributed by atoms with van der Waals surface area (Å²) >= 11 is 0. The minimum Gasteiger partial charge on any atom is -0.459 e. The van der Waals surface area contributed by atoms with Crippen molar-refractivity contribution in [3.8, 4) is 17.2 Å². The summed E-state index contributed by atoms with van der Waals surface area (Å²) in [7, 11) is 0. The Bertz CT molecular complexity index is 2260. The van der Waals surface area contributed by atoms with Crippen molar-refractivity contribution in [3.05, 3.63) is 126 Å². The summed E-state index contributed by atoms with van der Waals surface area (Å²) in [5.41, 5.74) is 3.90. The van der Waals surface area contributed by atoms with E-state index in [1.54, 1.807) is 6.08 Å². The van der Waals surface area contributed by atoms with Gasteiger partial charge in [0.15, 0.2) is 0 Å². The highest BCUT2D eigenvalue weighted by Gasteiger charge is 2.65. The molecule has 9 heteroatoms. The number of rotatable bonds is 29. The maximum atomic E-state index is 14.9. The summed E-state index contributed by atoms with van der Waals surface area (Å²) in [5, 5.41) is 27.4. The summed E-state index contributed by atoms with van der Waals surface area (Å²) in [4.78, 5) is 23.3. The molecule has 2 N–H and O–H groups in total. The van der Waals surface area contributed by atoms with Crippen LogP contribution >= 0.6 is 0 Å². The molecule has 0 spiro atoms. The van der Waals surface area contributed by atoms with Gasteiger partial charge in [-0.15, -0.1) is 6.58 Å². The zero-order valence-corrected chi connectivity index (χ0v) is 41.0. The number of aliphatic hydroxyl groups excluding tert-OH is 2. The fourth-order valence-electron chi connectivity index (χ4n) is 11.3. The standard InChI is InChI=1S/C59H78N2O7/c1-4-7-8-9-10-11-12-13-17-30-56(64)61(35-5-2)55-42-53(60-66-43-44-24-15-14-16-25-44)51-40-47(28-20-22-36-62)50(29-21-23-37-63)57-52-41-49(67-48-32-31-45-26-18-19-27-46(45)39-48)33-34-54(52)68-59(55,58(51)57)65-38-6-3/h6,14-16,18-19,24-27,31-34,39-41,47,50,55,57-58,62-63H,3-5,7-13,17,20-23,28-30,35-38,42-43H2,1-2H3/t47-,50+,55-,57+,58+,59+/m0/s1. The molecule has 4 aromatic rings. The monoisotopic (exact) mass is 927 g/mol. The minimum absolute atomic E-state index is 0.112. The predicted molar refractivity (Wildman–Crippen MR) is 274 cm³/mol. The van der Waals surface area contributed by atoms with Crippen LogP contribution in [0.5, 0.6) is 17.2 Å². The topological polar surface area (TPSA) is 110 Å². The van der Waals surface area contributed by atoms with Crippen molar-refractivity contribution < 1.29 is 34.1 Å². The number of hydrogen-bond acceptors (Lipinski definition) is 8. The summed E-state index contributed by atoms with van der Waals surface area (Å²) in [5.74, 6) is 0.723. The third-order valence-electron chi connectivity index (χ3n) is 14.5. The van der Waals surface area contributed by atoms with E-state index in [2.05, 4.69) is 61.7 Å². The number of nitrogens with zero attached hydrogens (tertiary/aromatic N) is 2. The van der Waals surface area contributed by atoms with E-state index < -0.39 is 11.8 Å². The highest BCUT2D eigenvalue weighted by molar-refractivity contribution is 6.03. The van der Waals surface area contributed by atoms with Crippen molar-refractivity contribution in [1.82, 2.24) is 4.90 Å². The number of fused-ring (bicyclic) bond motifs is 3. The number of oxime groups is 1. The molecule has 2 aliphatic carbocycles. The van der Waals surface area contributed by atoms with Crippen LogP contribution in [0.1, 0.15) is 146 Å². The predicted octanol–water partition coefficient (Wildman–Crippen LogP) is 13.6. The summed E-state index contributed by atoms with van der Waals surface area (Å²) in [6.45, 7) is 9.85. The third kappa shape index (κ3) is 12.6. The molecular formula is C59H78N2O7. The SMILES string of the molecule is C=CCO[C@@]12Oc3ccc(Oc4ccc5ccccc5c4)cc3[C@H]3[C@H](CCCCO)[C@@H](CCCCO)C=C(C(=NOCc4ccccc4)C[C@@H]1N(CCC)C(=O)CCCCCCCCCCC)[C@H]32. The van der Waals surface area contributed by atoms with Gasteiger partial charge in [-0.25, -0.2) is 0 Å². The second-order valence-electron chi connectivity index (χ2n) is 19.3. The quantitative estimate of drug-likeness (QED) is 0.0317. The van der Waals surface area contributed by atoms with E-state index in [0.29, 0.717) is 44.6 Å². The second-order valence-corrected chi connectivity index (χ2v) is 19.3. The molecule has 0 radical (unpaired) electrons. The number of allylic oxidation sites excluding steroid dienone is 1. The highest BCUT2D eigenvalue weighted by Crippen LogP contribution is 2.62. The average molecular weight is 927 g/mol. The lowest BCUT2D eigenvalue weighted by Gasteiger charge is -2.60. The zero-order valence-electron chi connectivity index (χ0n) is 41.0. The van der Waals surface area contributed by atoms with Crippen LogP contribution in [0.25, 0.3) is 10.8 Å². The van der Waals surface area contributed by atoms with Crippen LogP contribution in [-0.4, -0.2) is 64.9 Å². The second kappa shape index (κ2) is 26.1. The van der Waals surface area contributed by atoms with Gasteiger partial charge in [0, 0.05) is 44.1 Å². The van der Waals surface area contributed by atoms with E-state index in [4.69, 9.17) is 24.2 Å². The van der Waals surface area contributed by atoms with Gasteiger partial charge in [-0.05, 0) is 103 Å². The Kier molecular flexibility index (Phi) is 19.6. The lowest BCUT2D eigenvalue weighted by atomic mass is 9.55. The van der Waals surface area contributed by atoms with E-state index in [1.165, 1.54) is 38.5 Å². The van der Waals surface area contributed by atoms with Gasteiger partial charge >= 0.3 is 0 Å². The molecule has 1 heterocycles. The summed E-state index contributed by atoms with van der Waals surface area (Å²) in [6.07, 6.45) is 21.3. The third-order valence-corrected chi connectivity index (χ3v) is 14.5. The van der Waals surface area contributed by atoms with Gasteiger partial charge in [0.2, 0.25) is 11.7 Å². The van der Waals surface area contributed by atoms with Crippen LogP contribution in [0.2, 0.25) is 0 Å². The first kappa shape index (κ1) is 50.9. The smallest absolute Gasteiger partial charge is 0.239 e. The fraction of sp³-hybridized carbons (Fsp3) is 0.525. The van der Waals surface area contributed by atoms with Crippen LogP contribution in [0.3, 0.4) is 0 Å². The zero-order chi connectivity index (χ0) is 47.6. The maximum absolute atomic E-state index is 14.9. The Morgan fingerprint density at radius 3 is 2.22 bits per heavy atom. The number of benzene rings is 4. The maximum Gasteiger partial charge on any atom is 0.239 e. The van der Waals surface area contributed by atoms with Crippen molar-refractivity contribution in [3.63, 3.8) is 0 Å². The van der Waals surface area contributed by atoms with E-state index in [-0.39, 0.29) is 49.4 Å². The van der Waals surface area contributed by atoms with Gasteiger partial charge in [-0.1, -0.05) is 156 Å². The van der Waals surface area contributed by atoms with Gasteiger partial charge in [-0.2, -0.15) is 0 Å². The number of carbonyl (C=O) groups is 1. The molecule has 1 fully saturated rings. The Balaban J connectivity index is 1.33. The largest absolute Gasteiger partial charge is 0.459 e. The van der Waals surface area contributed by atoms with Crippen molar-refractivity contribution >= 4 is 22.4 Å². The van der Waals surface area contributed by atoms with Gasteiger partial charge in [0.05, 0.1) is 18.2 Å². The normalized spacial score (nSPS) is 22.2. The van der Waals surface area contributed by atoms with Crippen LogP contribution in [0, 0.1) is 17.8 Å². The molecule has 4 aromatic carbocycles. The van der Waals surface area contributed by atoms with Crippen molar-refractivity contribution in [2.75, 3.05) is 26.4 Å². The highest BCUT2D eigenvalue weighted by atomic mass is 16.7. The first-order valence-electron chi connectivity index (χ1n) is 26.1. The first-order valence-corrected chi connectivity index (χ1v) is 26.1. The van der Waals surface area contributed by atoms with Crippen molar-refractivity contribution in [1.29, 1.82) is 0 Å². The van der Waals surface area contributed by atoms with Gasteiger partial charge < -0.3 is 34.2 Å². The lowest BCUT2D eigenvalue weighted by Crippen LogP contribution is -2.70. The molecule has 0 aromatic heterocycles. The van der Waals surface area contributed by atoms with Crippen LogP contribution < -0.4 is 9.47 Å². The molecular weight excluding hydrogens is 849 g/mol. The molecule has 1 aliphatic heterocycles. The Morgan fingerprint density at radius 1 is 0.794 bits per heavy atom. The van der Waals surface area contributed by atoms with Crippen LogP contribution in [0.15, 0.2) is 120 Å². The van der Waals surface area contributed by atoms with Gasteiger partial charge in [0.1, 0.15) is 29.9 Å². The van der Waals surface area contributed by atoms with E-state index in [0.717, 1.165) is 96.0 Å². The molecule has 6 atom stereocenters. The van der Waals surface area contributed by atoms with Crippen molar-refractivity contribution in [2.45, 2.75) is 154 Å². The summed E-state index contributed by atoms with van der Waals surface area (Å²) < 4.78 is 21.4. The number of ether oxygens (including phenoxy) is 3. The Hall–Kier alpha value is -4.96. The average Bonchev–Trinajstić information content (AvgIpc) is 3.36. The molecule has 366 valence electrons. The molecule has 9 nitrogen and oxygen atoms in total. The molecule has 1 saturated carbocycles. The lowest BCUT2D eigenvalue weighted by molar-refractivity contribution is -0.257. The molecule has 0 saturated heterocycles. The van der Waals surface area contributed by atoms with Gasteiger partial charge in [0.25, 0.3) is 0 Å². The molecule has 68 heavy (non-hydrogen) atoms. The number of unbranched alkanes of at least 4 members (excludes halogenated alkanes) is 10. The summed E-state index contributed by atoms with van der Waals surface area (Å²) in [6, 6.07) is 30.2. The van der Waals surface area contributed by atoms with Gasteiger partial charge in [-0.3, -0.25) is 4.79 Å². The fourth-order valence-corrected chi connectivity index (χ4v) is 11.3. The molecule has 7 rings (SSSR count). The van der Waals surface area contributed by atoms with E-state index >= 15 is 0 Å². The van der Waals surface area contributed by atoms with E-state index in [9.17, 15) is 15.0 Å². The number of hydrogen-bond donors (Lipinski definition) is 2. The molecule has 0 bridgehead atoms. The first-order chi connectivity index (χ1) is 33.4. The Morgan fingerprint density at radius 2 is 1.49 bits per heavy atom. The van der Waals surface area contributed by atoms with E-state index in [1.807, 2.05) is 60.7 Å². The van der Waals surface area contributed by atoms with Crippen LogP contribution in [-0.2, 0) is 21.0 Å². The van der Waals surface area contributed by atoms with Crippen molar-refractivity contribution in [2.24, 2.45) is 22.9 Å². The number of carbonyl (C=O) groups excluding carboxylic acids is 1. The molecule has 3 aliphatic rings. The van der Waals surface area contributed by atoms with Crippen LogP contribution in [0.4, 0.5) is 0 Å². The minimum atomic E-state index is -1.29. The number of amides is 1. The molecule has 1 amide bonds. The Labute approximate surface area is 406 Å².